The molecule has 0 saturated carbocycles. The van der Waals surface area contributed by atoms with Crippen LogP contribution in [0, 0.1) is 0 Å². The standard InChI is InChI=1S/C7H5BrClN3/c1-12-4-2-3-5(9)10-6(4)7(8)11-12/h2-3H,1H3. The summed E-state index contributed by atoms with van der Waals surface area (Å²) < 4.78 is 2.48. The van der Waals surface area contributed by atoms with E-state index in [0.29, 0.717) is 5.15 Å². The van der Waals surface area contributed by atoms with Crippen molar-refractivity contribution in [3.05, 3.63) is 21.9 Å². The molecule has 0 spiro atoms. The van der Waals surface area contributed by atoms with Crippen LogP contribution in [0.2, 0.25) is 5.15 Å². The first-order valence-corrected chi connectivity index (χ1v) is 4.50. The van der Waals surface area contributed by atoms with Crippen LogP contribution in [0.4, 0.5) is 0 Å². The monoisotopic (exact) mass is 245 g/mol. The fraction of sp³-hybridized carbons (Fsp3) is 0.143. The van der Waals surface area contributed by atoms with E-state index in [1.807, 2.05) is 13.1 Å². The van der Waals surface area contributed by atoms with Crippen molar-refractivity contribution in [1.82, 2.24) is 14.8 Å². The van der Waals surface area contributed by atoms with Gasteiger partial charge in [0, 0.05) is 7.05 Å². The molecule has 0 fully saturated rings. The van der Waals surface area contributed by atoms with Crippen molar-refractivity contribution in [2.24, 2.45) is 7.05 Å². The van der Waals surface area contributed by atoms with E-state index in [0.717, 1.165) is 15.6 Å². The zero-order valence-electron chi connectivity index (χ0n) is 6.25. The molecule has 5 heteroatoms. The van der Waals surface area contributed by atoms with E-state index in [9.17, 15) is 0 Å². The van der Waals surface area contributed by atoms with Crippen LogP contribution in [0.15, 0.2) is 16.7 Å². The van der Waals surface area contributed by atoms with Crippen molar-refractivity contribution < 1.29 is 0 Å². The van der Waals surface area contributed by atoms with E-state index in [2.05, 4.69) is 26.0 Å². The molecular formula is C7H5BrClN3. The molecular weight excluding hydrogens is 241 g/mol. The third kappa shape index (κ3) is 1.11. The number of aromatic nitrogens is 3. The van der Waals surface area contributed by atoms with Crippen LogP contribution in [0.1, 0.15) is 0 Å². The molecule has 0 atom stereocenters. The Morgan fingerprint density at radius 2 is 2.25 bits per heavy atom. The molecule has 0 aliphatic rings. The predicted octanol–water partition coefficient (Wildman–Crippen LogP) is 2.38. The summed E-state index contributed by atoms with van der Waals surface area (Å²) in [5.74, 6) is 0. The summed E-state index contributed by atoms with van der Waals surface area (Å²) in [5, 5.41) is 4.63. The average molecular weight is 246 g/mol. The second-order valence-corrected chi connectivity index (χ2v) is 3.55. The summed E-state index contributed by atoms with van der Waals surface area (Å²) in [6, 6.07) is 3.64. The van der Waals surface area contributed by atoms with Crippen LogP contribution in [0.25, 0.3) is 11.0 Å². The molecule has 2 heterocycles. The number of fused-ring (bicyclic) bond motifs is 1. The van der Waals surface area contributed by atoms with Gasteiger partial charge in [0.05, 0.1) is 5.52 Å². The Bertz CT molecular complexity index is 437. The molecule has 2 aromatic heterocycles. The predicted molar refractivity (Wildman–Crippen MR) is 51.2 cm³/mol. The lowest BCUT2D eigenvalue weighted by molar-refractivity contribution is 0.788. The zero-order chi connectivity index (χ0) is 8.72. The van der Waals surface area contributed by atoms with Gasteiger partial charge in [0.15, 0.2) is 4.60 Å². The van der Waals surface area contributed by atoms with Gasteiger partial charge in [0.2, 0.25) is 0 Å². The second kappa shape index (κ2) is 2.71. The molecule has 2 aromatic rings. The first-order chi connectivity index (χ1) is 5.68. The summed E-state index contributed by atoms with van der Waals surface area (Å²) >= 11 is 9.03. The summed E-state index contributed by atoms with van der Waals surface area (Å²) in [5.41, 5.74) is 1.76. The SMILES string of the molecule is Cn1nc(Br)c2nc(Cl)ccc21. The molecule has 0 unspecified atom stereocenters. The summed E-state index contributed by atoms with van der Waals surface area (Å²) in [7, 11) is 1.86. The fourth-order valence-corrected chi connectivity index (χ4v) is 1.75. The van der Waals surface area contributed by atoms with Crippen LogP contribution >= 0.6 is 27.5 Å². The van der Waals surface area contributed by atoms with Crippen LogP contribution in [-0.2, 0) is 7.05 Å². The van der Waals surface area contributed by atoms with E-state index >= 15 is 0 Å². The quantitative estimate of drug-likeness (QED) is 0.668. The molecule has 0 aromatic carbocycles. The van der Waals surface area contributed by atoms with Gasteiger partial charge >= 0.3 is 0 Å². The minimum absolute atomic E-state index is 0.483. The Labute approximate surface area is 82.5 Å². The van der Waals surface area contributed by atoms with E-state index in [1.165, 1.54) is 0 Å². The molecule has 12 heavy (non-hydrogen) atoms. The van der Waals surface area contributed by atoms with Gasteiger partial charge in [-0.25, -0.2) is 4.98 Å². The number of hydrogen-bond acceptors (Lipinski definition) is 2. The highest BCUT2D eigenvalue weighted by atomic mass is 79.9. The van der Waals surface area contributed by atoms with E-state index in [1.54, 1.807) is 10.7 Å². The first kappa shape index (κ1) is 8.01. The van der Waals surface area contributed by atoms with Crippen molar-refractivity contribution in [1.29, 1.82) is 0 Å². The highest BCUT2D eigenvalue weighted by Gasteiger charge is 2.06. The molecule has 2 rings (SSSR count). The highest BCUT2D eigenvalue weighted by Crippen LogP contribution is 2.21. The molecule has 0 radical (unpaired) electrons. The first-order valence-electron chi connectivity index (χ1n) is 3.33. The van der Waals surface area contributed by atoms with Gasteiger partial charge in [0.1, 0.15) is 10.7 Å². The summed E-state index contributed by atoms with van der Waals surface area (Å²) in [6.45, 7) is 0. The number of hydrogen-bond donors (Lipinski definition) is 0. The Hall–Kier alpha value is -0.610. The third-order valence-corrected chi connectivity index (χ3v) is 2.37. The second-order valence-electron chi connectivity index (χ2n) is 2.42. The van der Waals surface area contributed by atoms with Gasteiger partial charge in [0.25, 0.3) is 0 Å². The van der Waals surface area contributed by atoms with Crippen LogP contribution in [0.3, 0.4) is 0 Å². The maximum atomic E-state index is 5.73. The van der Waals surface area contributed by atoms with Gasteiger partial charge < -0.3 is 0 Å². The van der Waals surface area contributed by atoms with E-state index in [-0.39, 0.29) is 0 Å². The number of pyridine rings is 1. The summed E-state index contributed by atoms with van der Waals surface area (Å²) in [6.07, 6.45) is 0. The Balaban J connectivity index is 2.90. The zero-order valence-corrected chi connectivity index (χ0v) is 8.59. The number of halogens is 2. The average Bonchev–Trinajstić information content (AvgIpc) is 2.28. The summed E-state index contributed by atoms with van der Waals surface area (Å²) in [4.78, 5) is 4.13. The number of nitrogens with zero attached hydrogens (tertiary/aromatic N) is 3. The molecule has 62 valence electrons. The van der Waals surface area contributed by atoms with Crippen molar-refractivity contribution in [2.75, 3.05) is 0 Å². The lowest BCUT2D eigenvalue weighted by Gasteiger charge is -1.92. The van der Waals surface area contributed by atoms with Crippen molar-refractivity contribution >= 4 is 38.6 Å². The minimum Gasteiger partial charge on any atom is -0.265 e. The molecule has 0 N–H and O–H groups in total. The molecule has 0 aliphatic carbocycles. The van der Waals surface area contributed by atoms with Crippen LogP contribution in [0.5, 0.6) is 0 Å². The topological polar surface area (TPSA) is 30.7 Å². The van der Waals surface area contributed by atoms with Gasteiger partial charge in [-0.1, -0.05) is 11.6 Å². The van der Waals surface area contributed by atoms with Crippen LogP contribution in [-0.4, -0.2) is 14.8 Å². The van der Waals surface area contributed by atoms with Crippen molar-refractivity contribution in [2.45, 2.75) is 0 Å². The van der Waals surface area contributed by atoms with Crippen molar-refractivity contribution in [3.63, 3.8) is 0 Å². The maximum absolute atomic E-state index is 5.73. The van der Waals surface area contributed by atoms with E-state index in [4.69, 9.17) is 11.6 Å². The Morgan fingerprint density at radius 1 is 1.50 bits per heavy atom. The van der Waals surface area contributed by atoms with Crippen molar-refractivity contribution in [3.8, 4) is 0 Å². The van der Waals surface area contributed by atoms with Gasteiger partial charge in [-0.05, 0) is 28.1 Å². The van der Waals surface area contributed by atoms with Gasteiger partial charge in [-0.2, -0.15) is 5.10 Å². The van der Waals surface area contributed by atoms with E-state index < -0.39 is 0 Å². The Kier molecular flexibility index (Phi) is 1.81. The van der Waals surface area contributed by atoms with Gasteiger partial charge in [-0.15, -0.1) is 0 Å². The molecule has 0 amide bonds. The fourth-order valence-electron chi connectivity index (χ4n) is 1.07. The lowest BCUT2D eigenvalue weighted by atomic mass is 10.4. The molecule has 0 saturated heterocycles. The smallest absolute Gasteiger partial charge is 0.154 e. The minimum atomic E-state index is 0.483. The van der Waals surface area contributed by atoms with Crippen LogP contribution < -0.4 is 0 Å². The highest BCUT2D eigenvalue weighted by molar-refractivity contribution is 9.10. The molecule has 0 aliphatic heterocycles. The maximum Gasteiger partial charge on any atom is 0.154 e. The number of aryl methyl sites for hydroxylation is 1. The molecule has 3 nitrogen and oxygen atoms in total. The molecule has 0 bridgehead atoms. The largest absolute Gasteiger partial charge is 0.265 e. The lowest BCUT2D eigenvalue weighted by Crippen LogP contribution is -1.88. The number of rotatable bonds is 0. The van der Waals surface area contributed by atoms with Gasteiger partial charge in [-0.3, -0.25) is 4.68 Å². The normalized spacial score (nSPS) is 10.9. The third-order valence-electron chi connectivity index (χ3n) is 1.62. The Morgan fingerprint density at radius 3 is 3.00 bits per heavy atom.